The minimum absolute atomic E-state index is 0.0353. The molecule has 2 saturated heterocycles. The summed E-state index contributed by atoms with van der Waals surface area (Å²) in [5.74, 6) is -2.79. The third kappa shape index (κ3) is 4.92. The average molecular weight is 426 g/mol. The lowest BCUT2D eigenvalue weighted by Crippen LogP contribution is -2.48. The molecular formula is C20H25F3N4O3. The molecule has 0 aliphatic carbocycles. The molecule has 2 aliphatic rings. The van der Waals surface area contributed by atoms with Crippen molar-refractivity contribution in [3.05, 3.63) is 30.0 Å². The molecule has 2 aromatic rings. The highest BCUT2D eigenvalue weighted by Gasteiger charge is 2.38. The Hall–Kier alpha value is -2.62. The van der Waals surface area contributed by atoms with Crippen LogP contribution in [0.1, 0.15) is 56.1 Å². The summed E-state index contributed by atoms with van der Waals surface area (Å²) in [6, 6.07) is 9.63. The maximum Gasteiger partial charge on any atom is 0.490 e. The molecule has 164 valence electrons. The first kappa shape index (κ1) is 22.1. The number of amides is 1. The smallest absolute Gasteiger partial charge is 0.475 e. The number of nitrogens with one attached hydrogen (secondary N) is 2. The van der Waals surface area contributed by atoms with E-state index in [1.54, 1.807) is 0 Å². The SMILES string of the molecule is CC(C)n1nc(C(=O)N[C@@H]2C[C@H]3CC[C@@H](C2)N3)c2ccccc21.O=C(O)C(F)(F)F. The molecule has 3 heterocycles. The molecule has 0 spiro atoms. The van der Waals surface area contributed by atoms with Gasteiger partial charge in [-0.05, 0) is 45.6 Å². The fraction of sp³-hybridized carbons (Fsp3) is 0.550. The minimum atomic E-state index is -5.08. The molecular weight excluding hydrogens is 401 g/mol. The Balaban J connectivity index is 0.000000318. The number of carboxylic acid groups (broad SMARTS) is 1. The molecule has 4 rings (SSSR count). The lowest BCUT2D eigenvalue weighted by atomic mass is 9.99. The van der Waals surface area contributed by atoms with Crippen LogP contribution in [0.3, 0.4) is 0 Å². The number of para-hydroxylation sites is 1. The summed E-state index contributed by atoms with van der Waals surface area (Å²) in [7, 11) is 0. The number of aliphatic carboxylic acids is 1. The molecule has 3 N–H and O–H groups in total. The molecule has 3 atom stereocenters. The summed E-state index contributed by atoms with van der Waals surface area (Å²) < 4.78 is 33.7. The molecule has 0 radical (unpaired) electrons. The summed E-state index contributed by atoms with van der Waals surface area (Å²) >= 11 is 0. The number of alkyl halides is 3. The van der Waals surface area contributed by atoms with Gasteiger partial charge in [0.15, 0.2) is 5.69 Å². The molecule has 30 heavy (non-hydrogen) atoms. The Bertz CT molecular complexity index is 914. The van der Waals surface area contributed by atoms with Crippen molar-refractivity contribution >= 4 is 22.8 Å². The van der Waals surface area contributed by atoms with Crippen molar-refractivity contribution in [2.75, 3.05) is 0 Å². The second-order valence-electron chi connectivity index (χ2n) is 7.99. The number of rotatable bonds is 3. The lowest BCUT2D eigenvalue weighted by Gasteiger charge is -2.29. The number of piperidine rings is 1. The number of fused-ring (bicyclic) bond motifs is 3. The molecule has 1 aromatic carbocycles. The molecule has 2 bridgehead atoms. The third-order valence-corrected chi connectivity index (χ3v) is 5.37. The van der Waals surface area contributed by atoms with Gasteiger partial charge in [0.05, 0.1) is 5.52 Å². The van der Waals surface area contributed by atoms with E-state index < -0.39 is 12.1 Å². The predicted octanol–water partition coefficient (Wildman–Crippen LogP) is 3.26. The summed E-state index contributed by atoms with van der Waals surface area (Å²) in [6.07, 6.45) is -0.542. The van der Waals surface area contributed by atoms with E-state index >= 15 is 0 Å². The van der Waals surface area contributed by atoms with E-state index in [1.165, 1.54) is 12.8 Å². The number of hydrogen-bond donors (Lipinski definition) is 3. The highest BCUT2D eigenvalue weighted by atomic mass is 19.4. The standard InChI is InChI=1S/C18H24N4O.C2HF3O2/c1-11(2)22-16-6-4-3-5-15(16)17(21-22)18(23)20-14-9-12-7-8-13(10-14)19-12;3-2(4,5)1(6)7/h3-6,11-14,19H,7-10H2,1-2H3,(H,20,23);(H,6,7)/t12-,13+,14-;. The van der Waals surface area contributed by atoms with E-state index in [0.29, 0.717) is 17.8 Å². The second-order valence-corrected chi connectivity index (χ2v) is 7.99. The number of halogens is 3. The van der Waals surface area contributed by atoms with E-state index in [-0.39, 0.29) is 18.0 Å². The lowest BCUT2D eigenvalue weighted by molar-refractivity contribution is -0.192. The summed E-state index contributed by atoms with van der Waals surface area (Å²) in [5, 5.41) is 19.5. The first-order valence-corrected chi connectivity index (χ1v) is 9.90. The van der Waals surface area contributed by atoms with Gasteiger partial charge in [-0.3, -0.25) is 9.48 Å². The maximum absolute atomic E-state index is 12.8. The monoisotopic (exact) mass is 426 g/mol. The average Bonchev–Trinajstić information content (AvgIpc) is 3.21. The third-order valence-electron chi connectivity index (χ3n) is 5.37. The van der Waals surface area contributed by atoms with Gasteiger partial charge in [0.2, 0.25) is 0 Å². The Labute approximate surface area is 171 Å². The van der Waals surface area contributed by atoms with E-state index in [0.717, 1.165) is 23.7 Å². The number of nitrogens with zero attached hydrogens (tertiary/aromatic N) is 2. The van der Waals surface area contributed by atoms with Crippen molar-refractivity contribution in [2.45, 2.75) is 69.9 Å². The van der Waals surface area contributed by atoms with Gasteiger partial charge in [-0.2, -0.15) is 18.3 Å². The van der Waals surface area contributed by atoms with Gasteiger partial charge >= 0.3 is 12.1 Å². The Morgan fingerprint density at radius 2 is 1.77 bits per heavy atom. The van der Waals surface area contributed by atoms with Crippen molar-refractivity contribution < 1.29 is 27.9 Å². The van der Waals surface area contributed by atoms with Crippen LogP contribution in [0, 0.1) is 0 Å². The van der Waals surface area contributed by atoms with Crippen LogP contribution < -0.4 is 10.6 Å². The van der Waals surface area contributed by atoms with Crippen LogP contribution in [0.4, 0.5) is 13.2 Å². The molecule has 2 aliphatic heterocycles. The Kier molecular flexibility index (Phi) is 6.35. The van der Waals surface area contributed by atoms with Crippen LogP contribution in [0.2, 0.25) is 0 Å². The second kappa shape index (κ2) is 8.63. The number of aromatic nitrogens is 2. The minimum Gasteiger partial charge on any atom is -0.475 e. The number of carbonyl (C=O) groups is 2. The van der Waals surface area contributed by atoms with Crippen molar-refractivity contribution in [1.82, 2.24) is 20.4 Å². The zero-order valence-corrected chi connectivity index (χ0v) is 16.7. The van der Waals surface area contributed by atoms with Crippen LogP contribution >= 0.6 is 0 Å². The molecule has 0 saturated carbocycles. The molecule has 10 heteroatoms. The van der Waals surface area contributed by atoms with E-state index in [2.05, 4.69) is 29.6 Å². The zero-order valence-electron chi connectivity index (χ0n) is 16.7. The largest absolute Gasteiger partial charge is 0.490 e. The predicted molar refractivity (Wildman–Crippen MR) is 104 cm³/mol. The molecule has 7 nitrogen and oxygen atoms in total. The quantitative estimate of drug-likeness (QED) is 0.700. The Morgan fingerprint density at radius 3 is 2.30 bits per heavy atom. The van der Waals surface area contributed by atoms with Gasteiger partial charge in [-0.25, -0.2) is 4.79 Å². The zero-order chi connectivity index (χ0) is 22.1. The van der Waals surface area contributed by atoms with Crippen LogP contribution in [-0.2, 0) is 4.79 Å². The Morgan fingerprint density at radius 1 is 1.20 bits per heavy atom. The van der Waals surface area contributed by atoms with E-state index in [4.69, 9.17) is 9.90 Å². The van der Waals surface area contributed by atoms with E-state index in [1.807, 2.05) is 28.9 Å². The van der Waals surface area contributed by atoms with Gasteiger partial charge < -0.3 is 15.7 Å². The maximum atomic E-state index is 12.8. The first-order valence-electron chi connectivity index (χ1n) is 9.90. The number of carbonyl (C=O) groups excluding carboxylic acids is 1. The van der Waals surface area contributed by atoms with Crippen molar-refractivity contribution in [3.63, 3.8) is 0 Å². The van der Waals surface area contributed by atoms with E-state index in [9.17, 15) is 18.0 Å². The van der Waals surface area contributed by atoms with Gasteiger partial charge in [-0.15, -0.1) is 0 Å². The van der Waals surface area contributed by atoms with Crippen LogP contribution in [0.15, 0.2) is 24.3 Å². The van der Waals surface area contributed by atoms with Crippen molar-refractivity contribution in [2.24, 2.45) is 0 Å². The fourth-order valence-electron chi connectivity index (χ4n) is 4.08. The summed E-state index contributed by atoms with van der Waals surface area (Å²) in [5.41, 5.74) is 1.58. The van der Waals surface area contributed by atoms with Crippen LogP contribution in [-0.4, -0.2) is 51.1 Å². The topological polar surface area (TPSA) is 96.3 Å². The van der Waals surface area contributed by atoms with Gasteiger partial charge in [-0.1, -0.05) is 18.2 Å². The summed E-state index contributed by atoms with van der Waals surface area (Å²) in [4.78, 5) is 21.7. The summed E-state index contributed by atoms with van der Waals surface area (Å²) in [6.45, 7) is 4.18. The molecule has 1 amide bonds. The van der Waals surface area contributed by atoms with Crippen LogP contribution in [0.25, 0.3) is 10.9 Å². The molecule has 1 aromatic heterocycles. The fourth-order valence-corrected chi connectivity index (χ4v) is 4.08. The number of benzene rings is 1. The number of hydrogen-bond acceptors (Lipinski definition) is 4. The molecule has 0 unspecified atom stereocenters. The van der Waals surface area contributed by atoms with Crippen LogP contribution in [0.5, 0.6) is 0 Å². The normalized spacial score (nSPS) is 23.2. The van der Waals surface area contributed by atoms with Crippen molar-refractivity contribution in [3.8, 4) is 0 Å². The first-order chi connectivity index (χ1) is 14.1. The van der Waals surface area contributed by atoms with Crippen molar-refractivity contribution in [1.29, 1.82) is 0 Å². The van der Waals surface area contributed by atoms with Gasteiger partial charge in [0, 0.05) is 29.6 Å². The van der Waals surface area contributed by atoms with Gasteiger partial charge in [0.1, 0.15) is 0 Å². The highest BCUT2D eigenvalue weighted by molar-refractivity contribution is 6.05. The molecule has 2 fully saturated rings. The van der Waals surface area contributed by atoms with Gasteiger partial charge in [0.25, 0.3) is 5.91 Å². The highest BCUT2D eigenvalue weighted by Crippen LogP contribution is 2.27. The number of carboxylic acids is 1.